The maximum Gasteiger partial charge on any atom is 0.166 e. The van der Waals surface area contributed by atoms with Crippen molar-refractivity contribution in [3.05, 3.63) is 33.8 Å². The number of hydrogen-bond acceptors (Lipinski definition) is 1. The Balaban J connectivity index is 2.82. The Morgan fingerprint density at radius 1 is 1.26 bits per heavy atom. The Labute approximate surface area is 121 Å². The highest BCUT2D eigenvalue weighted by Crippen LogP contribution is 2.28. The first-order chi connectivity index (χ1) is 8.60. The van der Waals surface area contributed by atoms with Crippen molar-refractivity contribution in [1.29, 1.82) is 0 Å². The number of Topliss-reactive ketones (excluding diaryl/α,β-unsaturated/α-hetero) is 1. The lowest BCUT2D eigenvalue weighted by atomic mass is 9.83. The molecule has 0 aliphatic heterocycles. The minimum absolute atomic E-state index is 0.0317. The van der Waals surface area contributed by atoms with Gasteiger partial charge in [-0.3, -0.25) is 4.79 Å². The maximum absolute atomic E-state index is 13.7. The number of carbonyl (C=O) groups excluding carboxylic acids is 1. The minimum atomic E-state index is -0.679. The average molecular weight is 333 g/mol. The van der Waals surface area contributed by atoms with E-state index < -0.39 is 11.6 Å². The van der Waals surface area contributed by atoms with Crippen LogP contribution in [-0.2, 0) is 0 Å². The van der Waals surface area contributed by atoms with Gasteiger partial charge in [0.25, 0.3) is 0 Å². The zero-order chi connectivity index (χ0) is 14.8. The van der Waals surface area contributed by atoms with Crippen molar-refractivity contribution < 1.29 is 13.6 Å². The number of benzene rings is 1. The molecule has 0 bridgehead atoms. The van der Waals surface area contributed by atoms with Gasteiger partial charge in [0.05, 0.1) is 10.0 Å². The van der Waals surface area contributed by atoms with E-state index in [1.165, 1.54) is 0 Å². The zero-order valence-electron chi connectivity index (χ0n) is 11.7. The SMILES string of the molecule is CC(CC(=O)c1cc(F)c(Br)cc1F)CC(C)(C)C. The molecule has 0 radical (unpaired) electrons. The summed E-state index contributed by atoms with van der Waals surface area (Å²) >= 11 is 2.89. The van der Waals surface area contributed by atoms with Gasteiger partial charge in [0.15, 0.2) is 5.78 Å². The Morgan fingerprint density at radius 2 is 1.84 bits per heavy atom. The predicted molar refractivity (Wildman–Crippen MR) is 76.2 cm³/mol. The summed E-state index contributed by atoms with van der Waals surface area (Å²) in [5.74, 6) is -1.51. The molecule has 1 atom stereocenters. The molecule has 1 aromatic carbocycles. The lowest BCUT2D eigenvalue weighted by Crippen LogP contribution is -2.15. The van der Waals surface area contributed by atoms with Crippen LogP contribution in [0.3, 0.4) is 0 Å². The topological polar surface area (TPSA) is 17.1 Å². The summed E-state index contributed by atoms with van der Waals surface area (Å²) < 4.78 is 27.0. The average Bonchev–Trinajstić information content (AvgIpc) is 2.20. The summed E-state index contributed by atoms with van der Waals surface area (Å²) in [5, 5.41) is 0. The van der Waals surface area contributed by atoms with Crippen LogP contribution in [-0.4, -0.2) is 5.78 Å². The Morgan fingerprint density at radius 3 is 2.37 bits per heavy atom. The number of halogens is 3. The second-order valence-corrected chi connectivity index (χ2v) is 7.10. The van der Waals surface area contributed by atoms with Crippen LogP contribution in [0.2, 0.25) is 0 Å². The van der Waals surface area contributed by atoms with Crippen molar-refractivity contribution >= 4 is 21.7 Å². The molecular weight excluding hydrogens is 314 g/mol. The van der Waals surface area contributed by atoms with E-state index >= 15 is 0 Å². The third kappa shape index (κ3) is 5.01. The van der Waals surface area contributed by atoms with E-state index in [4.69, 9.17) is 0 Å². The van der Waals surface area contributed by atoms with Gasteiger partial charge in [-0.15, -0.1) is 0 Å². The van der Waals surface area contributed by atoms with Crippen molar-refractivity contribution in [3.8, 4) is 0 Å². The van der Waals surface area contributed by atoms with Crippen LogP contribution in [0.5, 0.6) is 0 Å². The summed E-state index contributed by atoms with van der Waals surface area (Å²) in [5.41, 5.74) is -0.0510. The van der Waals surface area contributed by atoms with E-state index in [-0.39, 0.29) is 33.6 Å². The molecule has 0 amide bonds. The second-order valence-electron chi connectivity index (χ2n) is 6.24. The van der Waals surface area contributed by atoms with Crippen LogP contribution in [0.25, 0.3) is 0 Å². The molecule has 0 aliphatic carbocycles. The monoisotopic (exact) mass is 332 g/mol. The van der Waals surface area contributed by atoms with Crippen LogP contribution >= 0.6 is 15.9 Å². The van der Waals surface area contributed by atoms with Gasteiger partial charge in [-0.05, 0) is 45.8 Å². The molecule has 0 heterocycles. The Bertz CT molecular complexity index is 478. The van der Waals surface area contributed by atoms with Gasteiger partial charge in [-0.2, -0.15) is 0 Å². The second kappa shape index (κ2) is 6.12. The summed E-state index contributed by atoms with van der Waals surface area (Å²) in [6, 6.07) is 1.96. The zero-order valence-corrected chi connectivity index (χ0v) is 13.3. The molecule has 1 aromatic rings. The molecule has 0 saturated heterocycles. The van der Waals surface area contributed by atoms with E-state index in [1.807, 2.05) is 6.92 Å². The third-order valence-corrected chi connectivity index (χ3v) is 3.41. The standard InChI is InChI=1S/C15H19BrF2O/c1-9(8-15(2,3)4)5-14(19)10-6-13(18)11(16)7-12(10)17/h6-7,9H,5,8H2,1-4H3. The highest BCUT2D eigenvalue weighted by Gasteiger charge is 2.21. The smallest absolute Gasteiger partial charge is 0.166 e. The van der Waals surface area contributed by atoms with Crippen molar-refractivity contribution in [2.45, 2.75) is 40.5 Å². The van der Waals surface area contributed by atoms with Crippen molar-refractivity contribution in [2.24, 2.45) is 11.3 Å². The summed E-state index contributed by atoms with van der Waals surface area (Å²) in [6.45, 7) is 8.23. The van der Waals surface area contributed by atoms with E-state index in [1.54, 1.807) is 0 Å². The fourth-order valence-corrected chi connectivity index (χ4v) is 2.60. The van der Waals surface area contributed by atoms with Crippen LogP contribution < -0.4 is 0 Å². The van der Waals surface area contributed by atoms with E-state index in [9.17, 15) is 13.6 Å². The first-order valence-electron chi connectivity index (χ1n) is 6.28. The first-order valence-corrected chi connectivity index (χ1v) is 7.07. The predicted octanol–water partition coefficient (Wildman–Crippen LogP) is 5.37. The molecule has 19 heavy (non-hydrogen) atoms. The lowest BCUT2D eigenvalue weighted by Gasteiger charge is -2.22. The molecule has 0 spiro atoms. The molecule has 0 fully saturated rings. The minimum Gasteiger partial charge on any atom is -0.294 e. The molecule has 1 rings (SSSR count). The van der Waals surface area contributed by atoms with Crippen molar-refractivity contribution in [2.75, 3.05) is 0 Å². The van der Waals surface area contributed by atoms with Crippen LogP contribution in [0, 0.1) is 23.0 Å². The van der Waals surface area contributed by atoms with E-state index in [2.05, 4.69) is 36.7 Å². The molecule has 4 heteroatoms. The molecule has 1 unspecified atom stereocenters. The van der Waals surface area contributed by atoms with Gasteiger partial charge in [-0.25, -0.2) is 8.78 Å². The largest absolute Gasteiger partial charge is 0.294 e. The fourth-order valence-electron chi connectivity index (χ4n) is 2.28. The summed E-state index contributed by atoms with van der Waals surface area (Å²) in [4.78, 5) is 12.0. The Hall–Kier alpha value is -0.770. The van der Waals surface area contributed by atoms with Gasteiger partial charge in [-0.1, -0.05) is 27.7 Å². The van der Waals surface area contributed by atoms with Gasteiger partial charge in [0, 0.05) is 6.42 Å². The lowest BCUT2D eigenvalue weighted by molar-refractivity contribution is 0.0950. The van der Waals surface area contributed by atoms with Gasteiger partial charge < -0.3 is 0 Å². The van der Waals surface area contributed by atoms with Gasteiger partial charge >= 0.3 is 0 Å². The van der Waals surface area contributed by atoms with Crippen LogP contribution in [0.15, 0.2) is 16.6 Å². The quantitative estimate of drug-likeness (QED) is 0.535. The van der Waals surface area contributed by atoms with E-state index in [0.29, 0.717) is 0 Å². The van der Waals surface area contributed by atoms with Crippen LogP contribution in [0.4, 0.5) is 8.78 Å². The number of hydrogen-bond donors (Lipinski definition) is 0. The highest BCUT2D eigenvalue weighted by atomic mass is 79.9. The summed E-state index contributed by atoms with van der Waals surface area (Å²) in [7, 11) is 0. The normalized spacial score (nSPS) is 13.4. The van der Waals surface area contributed by atoms with Crippen molar-refractivity contribution in [3.63, 3.8) is 0 Å². The maximum atomic E-state index is 13.7. The number of rotatable bonds is 4. The fraction of sp³-hybridized carbons (Fsp3) is 0.533. The van der Waals surface area contributed by atoms with Gasteiger partial charge in [0.1, 0.15) is 11.6 Å². The molecule has 0 aromatic heterocycles. The van der Waals surface area contributed by atoms with Crippen molar-refractivity contribution in [1.82, 2.24) is 0 Å². The molecule has 106 valence electrons. The first kappa shape index (κ1) is 16.3. The molecule has 0 N–H and O–H groups in total. The third-order valence-electron chi connectivity index (χ3n) is 2.81. The van der Waals surface area contributed by atoms with E-state index in [0.717, 1.165) is 18.6 Å². The Kier molecular flexibility index (Phi) is 5.25. The van der Waals surface area contributed by atoms with Crippen LogP contribution in [0.1, 0.15) is 50.9 Å². The molecule has 0 saturated carbocycles. The molecule has 0 aliphatic rings. The summed E-state index contributed by atoms with van der Waals surface area (Å²) in [6.07, 6.45) is 1.09. The molecular formula is C15H19BrF2O. The van der Waals surface area contributed by atoms with Gasteiger partial charge in [0.2, 0.25) is 0 Å². The molecule has 1 nitrogen and oxygen atoms in total. The highest BCUT2D eigenvalue weighted by molar-refractivity contribution is 9.10. The number of carbonyl (C=O) groups is 1. The number of ketones is 1.